The topological polar surface area (TPSA) is 38.7 Å². The Balaban J connectivity index is 2.43. The van der Waals surface area contributed by atoms with E-state index in [9.17, 15) is 0 Å². The number of unbranched alkanes of at least 4 members (excludes halogenated alkanes) is 7. The van der Waals surface area contributed by atoms with Crippen molar-refractivity contribution in [2.24, 2.45) is 0 Å². The van der Waals surface area contributed by atoms with Gasteiger partial charge in [-0.25, -0.2) is 0 Å². The Hall–Kier alpha value is -0.510. The van der Waals surface area contributed by atoms with Gasteiger partial charge in [-0.2, -0.15) is 4.37 Å². The molecule has 0 aromatic carbocycles. The minimum atomic E-state index is 0.146. The van der Waals surface area contributed by atoms with Crippen molar-refractivity contribution in [2.75, 3.05) is 0 Å². The third-order valence-electron chi connectivity index (χ3n) is 4.25. The Morgan fingerprint density at radius 1 is 0.850 bits per heavy atom. The second kappa shape index (κ2) is 10.3. The minimum Gasteiger partial charge on any atom is -0.155 e. The van der Waals surface area contributed by atoms with Gasteiger partial charge in [0.2, 0.25) is 0 Å². The van der Waals surface area contributed by atoms with E-state index in [0.29, 0.717) is 0 Å². The Labute approximate surface area is 128 Å². The summed E-state index contributed by atoms with van der Waals surface area (Å²) >= 11 is 1.25. The van der Waals surface area contributed by atoms with E-state index in [1.165, 1.54) is 82.4 Å². The van der Waals surface area contributed by atoms with Gasteiger partial charge in [-0.15, -0.1) is 5.10 Å². The van der Waals surface area contributed by atoms with Crippen LogP contribution in [-0.2, 0) is 5.41 Å². The molecular formula is C16H31N3S. The second-order valence-electron chi connectivity index (χ2n) is 6.21. The van der Waals surface area contributed by atoms with E-state index in [4.69, 9.17) is 0 Å². The van der Waals surface area contributed by atoms with Crippen LogP contribution in [0.3, 0.4) is 0 Å². The van der Waals surface area contributed by atoms with E-state index in [1.54, 1.807) is 0 Å². The molecule has 0 amide bonds. The van der Waals surface area contributed by atoms with Gasteiger partial charge in [0.25, 0.3) is 0 Å². The lowest BCUT2D eigenvalue weighted by molar-refractivity contribution is 0.346. The summed E-state index contributed by atoms with van der Waals surface area (Å²) in [5.74, 6) is 0.981. The zero-order valence-electron chi connectivity index (χ0n) is 13.5. The standard InChI is InChI=1S/C16H31N3S/c1-4-6-8-10-12-14-16(3,13-11-9-7-5-2)15-17-19-20-18-15/h4-14H2,1-3H3. The number of aromatic nitrogens is 3. The average molecular weight is 298 g/mol. The maximum atomic E-state index is 4.42. The fourth-order valence-corrected chi connectivity index (χ4v) is 3.26. The molecule has 3 nitrogen and oxygen atoms in total. The van der Waals surface area contributed by atoms with Crippen LogP contribution in [-0.4, -0.2) is 14.0 Å². The minimum absolute atomic E-state index is 0.146. The number of hydrogen-bond donors (Lipinski definition) is 0. The molecule has 4 heteroatoms. The molecule has 20 heavy (non-hydrogen) atoms. The van der Waals surface area contributed by atoms with Crippen molar-refractivity contribution in [3.8, 4) is 0 Å². The maximum Gasteiger partial charge on any atom is 0.172 e. The smallest absolute Gasteiger partial charge is 0.155 e. The summed E-state index contributed by atoms with van der Waals surface area (Å²) < 4.78 is 8.39. The van der Waals surface area contributed by atoms with Gasteiger partial charge in [-0.1, -0.05) is 83.0 Å². The van der Waals surface area contributed by atoms with E-state index in [0.717, 1.165) is 5.82 Å². The SMILES string of the molecule is CCCCCCCC(C)(CCCCCC)c1nnsn1. The molecule has 0 fully saturated rings. The van der Waals surface area contributed by atoms with Crippen LogP contribution in [0, 0.1) is 0 Å². The van der Waals surface area contributed by atoms with E-state index in [-0.39, 0.29) is 5.41 Å². The van der Waals surface area contributed by atoms with E-state index in [2.05, 4.69) is 34.7 Å². The average Bonchev–Trinajstić information content (AvgIpc) is 2.98. The fraction of sp³-hybridized carbons (Fsp3) is 0.938. The molecule has 1 aromatic heterocycles. The summed E-state index contributed by atoms with van der Waals surface area (Å²) in [4.78, 5) is 0. The highest BCUT2D eigenvalue weighted by atomic mass is 32.1. The molecule has 0 aliphatic rings. The molecule has 116 valence electrons. The van der Waals surface area contributed by atoms with Gasteiger partial charge in [0.15, 0.2) is 5.82 Å². The molecule has 1 heterocycles. The molecule has 1 rings (SSSR count). The molecule has 0 bridgehead atoms. The molecule has 1 atom stereocenters. The largest absolute Gasteiger partial charge is 0.172 e. The second-order valence-corrected chi connectivity index (χ2v) is 6.72. The summed E-state index contributed by atoms with van der Waals surface area (Å²) in [6.07, 6.45) is 14.4. The van der Waals surface area contributed by atoms with E-state index < -0.39 is 0 Å². The van der Waals surface area contributed by atoms with Crippen molar-refractivity contribution in [3.05, 3.63) is 5.82 Å². The maximum absolute atomic E-state index is 4.42. The van der Waals surface area contributed by atoms with Crippen molar-refractivity contribution in [1.82, 2.24) is 14.0 Å². The number of nitrogens with zero attached hydrogens (tertiary/aromatic N) is 3. The quantitative estimate of drug-likeness (QED) is 0.477. The van der Waals surface area contributed by atoms with Crippen LogP contribution in [0.1, 0.15) is 97.2 Å². The molecule has 1 unspecified atom stereocenters. The fourth-order valence-electron chi connectivity index (χ4n) is 2.77. The highest BCUT2D eigenvalue weighted by molar-refractivity contribution is 6.98. The molecule has 0 spiro atoms. The predicted octanol–water partition coefficient (Wildman–Crippen LogP) is 5.52. The van der Waals surface area contributed by atoms with Gasteiger partial charge in [0.05, 0.1) is 11.7 Å². The van der Waals surface area contributed by atoms with E-state index in [1.807, 2.05) is 0 Å². The summed E-state index contributed by atoms with van der Waals surface area (Å²) in [6, 6.07) is 0. The Morgan fingerprint density at radius 3 is 1.90 bits per heavy atom. The predicted molar refractivity (Wildman–Crippen MR) is 87.2 cm³/mol. The lowest BCUT2D eigenvalue weighted by Crippen LogP contribution is -2.24. The van der Waals surface area contributed by atoms with Crippen molar-refractivity contribution in [2.45, 2.75) is 96.8 Å². The molecule has 0 radical (unpaired) electrons. The first-order chi connectivity index (χ1) is 9.73. The monoisotopic (exact) mass is 297 g/mol. The molecule has 0 aliphatic carbocycles. The van der Waals surface area contributed by atoms with Crippen LogP contribution in [0.5, 0.6) is 0 Å². The van der Waals surface area contributed by atoms with Crippen molar-refractivity contribution >= 4 is 11.7 Å². The summed E-state index contributed by atoms with van der Waals surface area (Å²) in [6.45, 7) is 6.87. The highest BCUT2D eigenvalue weighted by Crippen LogP contribution is 2.33. The summed E-state index contributed by atoms with van der Waals surface area (Å²) in [5, 5.41) is 4.26. The molecular weight excluding hydrogens is 266 g/mol. The number of hydrogen-bond acceptors (Lipinski definition) is 4. The van der Waals surface area contributed by atoms with Gasteiger partial charge < -0.3 is 0 Å². The van der Waals surface area contributed by atoms with Gasteiger partial charge in [0, 0.05) is 5.41 Å². The summed E-state index contributed by atoms with van der Waals surface area (Å²) in [5.41, 5.74) is 0.146. The molecule has 1 aromatic rings. The zero-order valence-corrected chi connectivity index (χ0v) is 14.3. The Morgan fingerprint density at radius 2 is 1.40 bits per heavy atom. The lowest BCUT2D eigenvalue weighted by Gasteiger charge is -2.26. The molecule has 0 saturated carbocycles. The van der Waals surface area contributed by atoms with Gasteiger partial charge in [-0.05, 0) is 12.8 Å². The van der Waals surface area contributed by atoms with E-state index >= 15 is 0 Å². The van der Waals surface area contributed by atoms with Crippen molar-refractivity contribution in [3.63, 3.8) is 0 Å². The third-order valence-corrected chi connectivity index (χ3v) is 4.66. The van der Waals surface area contributed by atoms with Crippen LogP contribution >= 0.6 is 11.7 Å². The van der Waals surface area contributed by atoms with Crippen LogP contribution in [0.25, 0.3) is 0 Å². The van der Waals surface area contributed by atoms with Gasteiger partial charge >= 0.3 is 0 Å². The molecule has 0 N–H and O–H groups in total. The first-order valence-electron chi connectivity index (χ1n) is 8.38. The molecule has 0 aliphatic heterocycles. The zero-order chi connectivity index (χ0) is 14.7. The normalized spacial score (nSPS) is 14.3. The van der Waals surface area contributed by atoms with Gasteiger partial charge in [0.1, 0.15) is 0 Å². The molecule has 0 saturated heterocycles. The van der Waals surface area contributed by atoms with Crippen LogP contribution in [0.15, 0.2) is 0 Å². The summed E-state index contributed by atoms with van der Waals surface area (Å²) in [7, 11) is 0. The first-order valence-corrected chi connectivity index (χ1v) is 9.11. The van der Waals surface area contributed by atoms with Crippen molar-refractivity contribution < 1.29 is 0 Å². The van der Waals surface area contributed by atoms with Crippen molar-refractivity contribution in [1.29, 1.82) is 0 Å². The Bertz CT molecular complexity index is 326. The van der Waals surface area contributed by atoms with Crippen LogP contribution in [0.2, 0.25) is 0 Å². The van der Waals surface area contributed by atoms with Crippen LogP contribution < -0.4 is 0 Å². The van der Waals surface area contributed by atoms with Gasteiger partial charge in [-0.3, -0.25) is 0 Å². The lowest BCUT2D eigenvalue weighted by atomic mass is 9.79. The third kappa shape index (κ3) is 6.29. The Kier molecular flexibility index (Phi) is 8.99. The highest BCUT2D eigenvalue weighted by Gasteiger charge is 2.29. The van der Waals surface area contributed by atoms with Crippen LogP contribution in [0.4, 0.5) is 0 Å². The number of rotatable bonds is 12. The first kappa shape index (κ1) is 17.5.